The first-order valence-corrected chi connectivity index (χ1v) is 6.45. The number of hydrogen-bond acceptors (Lipinski definition) is 4. The van der Waals surface area contributed by atoms with Crippen molar-refractivity contribution in [1.82, 2.24) is 0 Å². The molecule has 1 aromatic heterocycles. The average molecular weight is 228 g/mol. The van der Waals surface area contributed by atoms with Gasteiger partial charge in [0.15, 0.2) is 0 Å². The molecule has 1 aliphatic rings. The summed E-state index contributed by atoms with van der Waals surface area (Å²) in [6, 6.07) is 0. The van der Waals surface area contributed by atoms with E-state index in [1.54, 1.807) is 11.8 Å². The zero-order chi connectivity index (χ0) is 10.3. The standard InChI is InChI=1S/C9H12N2OS2/c1-13-9-5(4-2-3-4)6(10)7(14-9)8(11)12/h4H,2-3,10H2,1H3,(H2,11,12). The van der Waals surface area contributed by atoms with Gasteiger partial charge in [-0.2, -0.15) is 0 Å². The van der Waals surface area contributed by atoms with Crippen molar-refractivity contribution in [2.45, 2.75) is 23.0 Å². The molecule has 1 aliphatic carbocycles. The lowest BCUT2D eigenvalue weighted by molar-refractivity contribution is 0.100. The number of nitrogen functional groups attached to an aromatic ring is 1. The van der Waals surface area contributed by atoms with Crippen LogP contribution < -0.4 is 11.5 Å². The summed E-state index contributed by atoms with van der Waals surface area (Å²) in [5, 5.41) is 0. The van der Waals surface area contributed by atoms with Crippen molar-refractivity contribution in [2.75, 3.05) is 12.0 Å². The van der Waals surface area contributed by atoms with Crippen molar-refractivity contribution >= 4 is 34.7 Å². The van der Waals surface area contributed by atoms with Crippen molar-refractivity contribution in [1.29, 1.82) is 0 Å². The Kier molecular flexibility index (Phi) is 2.45. The molecule has 14 heavy (non-hydrogen) atoms. The summed E-state index contributed by atoms with van der Waals surface area (Å²) >= 11 is 3.07. The lowest BCUT2D eigenvalue weighted by Gasteiger charge is -1.99. The Bertz CT molecular complexity index is 382. The smallest absolute Gasteiger partial charge is 0.260 e. The number of thioether (sulfide) groups is 1. The fourth-order valence-corrected chi connectivity index (χ4v) is 3.50. The third-order valence-corrected chi connectivity index (χ3v) is 4.72. The minimum Gasteiger partial charge on any atom is -0.397 e. The molecular formula is C9H12N2OS2. The van der Waals surface area contributed by atoms with E-state index in [2.05, 4.69) is 0 Å². The van der Waals surface area contributed by atoms with Crippen LogP contribution in [0.25, 0.3) is 0 Å². The fourth-order valence-electron chi connectivity index (χ4n) is 1.53. The number of rotatable bonds is 3. The molecule has 1 saturated carbocycles. The minimum absolute atomic E-state index is 0.408. The lowest BCUT2D eigenvalue weighted by Crippen LogP contribution is -2.11. The van der Waals surface area contributed by atoms with Gasteiger partial charge in [0.25, 0.3) is 5.91 Å². The van der Waals surface area contributed by atoms with Crippen LogP contribution in [0.1, 0.15) is 34.0 Å². The summed E-state index contributed by atoms with van der Waals surface area (Å²) in [6.07, 6.45) is 4.38. The first-order valence-electron chi connectivity index (χ1n) is 4.41. The van der Waals surface area contributed by atoms with Gasteiger partial charge in [-0.3, -0.25) is 4.79 Å². The second-order valence-electron chi connectivity index (χ2n) is 3.39. The van der Waals surface area contributed by atoms with Crippen molar-refractivity contribution < 1.29 is 4.79 Å². The Morgan fingerprint density at radius 3 is 2.64 bits per heavy atom. The molecule has 1 aromatic rings. The maximum Gasteiger partial charge on any atom is 0.260 e. The van der Waals surface area contributed by atoms with Crippen LogP contribution >= 0.6 is 23.1 Å². The molecule has 0 bridgehead atoms. The zero-order valence-electron chi connectivity index (χ0n) is 7.87. The van der Waals surface area contributed by atoms with Crippen molar-refractivity contribution in [3.05, 3.63) is 10.4 Å². The molecular weight excluding hydrogens is 216 g/mol. The van der Waals surface area contributed by atoms with E-state index in [9.17, 15) is 4.79 Å². The topological polar surface area (TPSA) is 69.1 Å². The van der Waals surface area contributed by atoms with Gasteiger partial charge < -0.3 is 11.5 Å². The number of carbonyl (C=O) groups excluding carboxylic acids is 1. The Morgan fingerprint density at radius 1 is 1.57 bits per heavy atom. The molecule has 1 amide bonds. The maximum absolute atomic E-state index is 11.1. The molecule has 0 spiro atoms. The van der Waals surface area contributed by atoms with Crippen LogP contribution in [0.2, 0.25) is 0 Å². The van der Waals surface area contributed by atoms with E-state index in [0.717, 1.165) is 9.77 Å². The van der Waals surface area contributed by atoms with Gasteiger partial charge in [0.2, 0.25) is 0 Å². The summed E-state index contributed by atoms with van der Waals surface area (Å²) in [5.74, 6) is 0.163. The highest BCUT2D eigenvalue weighted by molar-refractivity contribution is 8.00. The number of amides is 1. The highest BCUT2D eigenvalue weighted by atomic mass is 32.2. The Morgan fingerprint density at radius 2 is 2.21 bits per heavy atom. The summed E-state index contributed by atoms with van der Waals surface area (Å²) in [5.41, 5.74) is 13.0. The normalized spacial score (nSPS) is 15.8. The van der Waals surface area contributed by atoms with Crippen LogP contribution in [0.5, 0.6) is 0 Å². The molecule has 1 heterocycles. The Balaban J connectivity index is 2.50. The van der Waals surface area contributed by atoms with Crippen molar-refractivity contribution in [3.8, 4) is 0 Å². The minimum atomic E-state index is -0.408. The van der Waals surface area contributed by atoms with Crippen LogP contribution in [-0.2, 0) is 0 Å². The second-order valence-corrected chi connectivity index (χ2v) is 5.48. The molecule has 0 aromatic carbocycles. The number of thiophene rings is 1. The monoisotopic (exact) mass is 228 g/mol. The van der Waals surface area contributed by atoms with Crippen LogP contribution in [-0.4, -0.2) is 12.2 Å². The number of anilines is 1. The van der Waals surface area contributed by atoms with Gasteiger partial charge in [-0.25, -0.2) is 0 Å². The molecule has 0 aliphatic heterocycles. The molecule has 0 unspecified atom stereocenters. The molecule has 1 fully saturated rings. The van der Waals surface area contributed by atoms with Crippen molar-refractivity contribution in [3.63, 3.8) is 0 Å². The SMILES string of the molecule is CSc1sc(C(N)=O)c(N)c1C1CC1. The predicted molar refractivity (Wildman–Crippen MR) is 61.0 cm³/mol. The van der Waals surface area contributed by atoms with Crippen LogP contribution in [0, 0.1) is 0 Å². The van der Waals surface area contributed by atoms with Gasteiger partial charge >= 0.3 is 0 Å². The van der Waals surface area contributed by atoms with E-state index in [4.69, 9.17) is 11.5 Å². The number of nitrogens with two attached hydrogens (primary N) is 2. The summed E-state index contributed by atoms with van der Waals surface area (Å²) < 4.78 is 1.15. The van der Waals surface area contributed by atoms with Crippen LogP contribution in [0.4, 0.5) is 5.69 Å². The highest BCUT2D eigenvalue weighted by Crippen LogP contribution is 2.50. The van der Waals surface area contributed by atoms with E-state index in [0.29, 0.717) is 16.5 Å². The molecule has 0 radical (unpaired) electrons. The van der Waals surface area contributed by atoms with Gasteiger partial charge in [0.05, 0.1) is 9.90 Å². The van der Waals surface area contributed by atoms with E-state index >= 15 is 0 Å². The lowest BCUT2D eigenvalue weighted by atomic mass is 10.1. The van der Waals surface area contributed by atoms with E-state index < -0.39 is 5.91 Å². The van der Waals surface area contributed by atoms with Crippen molar-refractivity contribution in [2.24, 2.45) is 5.73 Å². The third-order valence-electron chi connectivity index (χ3n) is 2.34. The molecule has 76 valence electrons. The van der Waals surface area contributed by atoms with Gasteiger partial charge in [0, 0.05) is 5.56 Å². The molecule has 4 N–H and O–H groups in total. The molecule has 5 heteroatoms. The highest BCUT2D eigenvalue weighted by Gasteiger charge is 2.31. The first-order chi connectivity index (χ1) is 6.65. The largest absolute Gasteiger partial charge is 0.397 e. The molecule has 2 rings (SSSR count). The maximum atomic E-state index is 11.1. The summed E-state index contributed by atoms with van der Waals surface area (Å²) in [7, 11) is 0. The fraction of sp³-hybridized carbons (Fsp3) is 0.444. The Labute approximate surface area is 90.9 Å². The van der Waals surface area contributed by atoms with Crippen LogP contribution in [0.3, 0.4) is 0 Å². The first kappa shape index (κ1) is 9.86. The summed E-state index contributed by atoms with van der Waals surface area (Å²) in [4.78, 5) is 11.6. The number of hydrogen-bond donors (Lipinski definition) is 2. The number of primary amides is 1. The molecule has 0 atom stereocenters. The van der Waals surface area contributed by atoms with Gasteiger partial charge in [-0.05, 0) is 25.0 Å². The molecule has 3 nitrogen and oxygen atoms in total. The van der Waals surface area contributed by atoms with E-state index in [-0.39, 0.29) is 0 Å². The van der Waals surface area contributed by atoms with Gasteiger partial charge in [-0.1, -0.05) is 0 Å². The van der Waals surface area contributed by atoms with Gasteiger partial charge in [-0.15, -0.1) is 23.1 Å². The second kappa shape index (κ2) is 3.47. The van der Waals surface area contributed by atoms with E-state index in [1.807, 2.05) is 6.26 Å². The van der Waals surface area contributed by atoms with E-state index in [1.165, 1.54) is 24.2 Å². The quantitative estimate of drug-likeness (QED) is 0.778. The molecule has 0 saturated heterocycles. The van der Waals surface area contributed by atoms with Crippen LogP contribution in [0.15, 0.2) is 4.21 Å². The Hall–Kier alpha value is -0.680. The average Bonchev–Trinajstić information content (AvgIpc) is 2.90. The summed E-state index contributed by atoms with van der Waals surface area (Å²) in [6.45, 7) is 0. The predicted octanol–water partition coefficient (Wildman–Crippen LogP) is 2.03. The van der Waals surface area contributed by atoms with Gasteiger partial charge in [0.1, 0.15) is 4.88 Å². The zero-order valence-corrected chi connectivity index (χ0v) is 9.50. The number of carbonyl (C=O) groups is 1. The third kappa shape index (κ3) is 1.50.